The molecule has 0 aliphatic carbocycles. The van der Waals surface area contributed by atoms with E-state index in [9.17, 15) is 4.79 Å². The van der Waals surface area contributed by atoms with Gasteiger partial charge in [0.05, 0.1) is 17.8 Å². The van der Waals surface area contributed by atoms with Gasteiger partial charge >= 0.3 is 5.97 Å². The molecular formula is C19H26BrN3O2. The average Bonchev–Trinajstić information content (AvgIpc) is 2.87. The number of ether oxygens (including phenoxy) is 1. The molecule has 0 unspecified atom stereocenters. The molecule has 0 amide bonds. The molecule has 0 atom stereocenters. The molecular weight excluding hydrogens is 382 g/mol. The van der Waals surface area contributed by atoms with Gasteiger partial charge in [-0.05, 0) is 39.0 Å². The zero-order valence-corrected chi connectivity index (χ0v) is 17.0. The highest BCUT2D eigenvalue weighted by Gasteiger charge is 2.29. The number of nitrogens with zero attached hydrogens (tertiary/aromatic N) is 3. The minimum Gasteiger partial charge on any atom is -0.461 e. The third-order valence-corrected chi connectivity index (χ3v) is 5.46. The number of esters is 1. The van der Waals surface area contributed by atoms with Crippen LogP contribution in [0.4, 0.5) is 5.69 Å². The lowest BCUT2D eigenvalue weighted by Gasteiger charge is -2.38. The first-order valence-electron chi connectivity index (χ1n) is 8.88. The van der Waals surface area contributed by atoms with E-state index in [1.54, 1.807) is 0 Å². The number of rotatable bonds is 4. The van der Waals surface area contributed by atoms with Gasteiger partial charge in [-0.3, -0.25) is 4.90 Å². The molecule has 0 N–H and O–H groups in total. The van der Waals surface area contributed by atoms with E-state index in [0.29, 0.717) is 18.3 Å². The third kappa shape index (κ3) is 3.42. The fraction of sp³-hybridized carbons (Fsp3) is 0.526. The Morgan fingerprint density at radius 3 is 2.52 bits per heavy atom. The van der Waals surface area contributed by atoms with E-state index in [-0.39, 0.29) is 5.97 Å². The molecule has 1 aliphatic heterocycles. The molecule has 0 saturated carbocycles. The van der Waals surface area contributed by atoms with E-state index in [4.69, 9.17) is 4.74 Å². The van der Waals surface area contributed by atoms with Crippen molar-refractivity contribution in [2.45, 2.75) is 26.8 Å². The number of fused-ring (bicyclic) bond motifs is 1. The summed E-state index contributed by atoms with van der Waals surface area (Å²) < 4.78 is 8.33. The summed E-state index contributed by atoms with van der Waals surface area (Å²) in [6.45, 7) is 10.5. The lowest BCUT2D eigenvalue weighted by Crippen LogP contribution is -2.49. The Morgan fingerprint density at radius 1 is 1.24 bits per heavy atom. The molecule has 1 saturated heterocycles. The highest BCUT2D eigenvalue weighted by atomic mass is 79.9. The van der Waals surface area contributed by atoms with Crippen LogP contribution in [0.1, 0.15) is 31.3 Å². The van der Waals surface area contributed by atoms with Crippen molar-refractivity contribution < 1.29 is 9.53 Å². The van der Waals surface area contributed by atoms with E-state index in [1.807, 2.05) is 24.6 Å². The molecule has 1 aromatic heterocycles. The minimum absolute atomic E-state index is 0.251. The topological polar surface area (TPSA) is 37.7 Å². The molecule has 2 aromatic rings. The van der Waals surface area contributed by atoms with Crippen LogP contribution in [0.2, 0.25) is 0 Å². The predicted molar refractivity (Wildman–Crippen MR) is 105 cm³/mol. The SMILES string of the molecule is CCOC(=O)c1c(N2CCN(C(C)C)CC2)c2cc(Br)ccc2n1C. The number of hydrogen-bond donors (Lipinski definition) is 0. The Labute approximate surface area is 157 Å². The second-order valence-electron chi connectivity index (χ2n) is 6.75. The summed E-state index contributed by atoms with van der Waals surface area (Å²) in [4.78, 5) is 17.5. The fourth-order valence-corrected chi connectivity index (χ4v) is 3.97. The molecule has 6 heteroatoms. The second-order valence-corrected chi connectivity index (χ2v) is 7.67. The number of benzene rings is 1. The van der Waals surface area contributed by atoms with Gasteiger partial charge in [0.2, 0.25) is 0 Å². The molecule has 2 heterocycles. The van der Waals surface area contributed by atoms with Crippen LogP contribution in [0.15, 0.2) is 22.7 Å². The fourth-order valence-electron chi connectivity index (χ4n) is 3.61. The van der Waals surface area contributed by atoms with Gasteiger partial charge in [-0.25, -0.2) is 4.79 Å². The molecule has 1 aromatic carbocycles. The van der Waals surface area contributed by atoms with Crippen LogP contribution in [-0.2, 0) is 11.8 Å². The number of aryl methyl sites for hydroxylation is 1. The Hall–Kier alpha value is -1.53. The van der Waals surface area contributed by atoms with Crippen molar-refractivity contribution in [2.24, 2.45) is 7.05 Å². The van der Waals surface area contributed by atoms with Gasteiger partial charge in [-0.1, -0.05) is 15.9 Å². The van der Waals surface area contributed by atoms with Gasteiger partial charge in [-0.2, -0.15) is 0 Å². The molecule has 0 radical (unpaired) electrons. The molecule has 5 nitrogen and oxygen atoms in total. The maximum Gasteiger partial charge on any atom is 0.357 e. The van der Waals surface area contributed by atoms with Crippen molar-refractivity contribution in [3.8, 4) is 0 Å². The summed E-state index contributed by atoms with van der Waals surface area (Å²) in [6.07, 6.45) is 0. The number of halogens is 1. The Bertz CT molecular complexity index is 777. The molecule has 0 bridgehead atoms. The first-order valence-corrected chi connectivity index (χ1v) is 9.67. The summed E-state index contributed by atoms with van der Waals surface area (Å²) in [5.74, 6) is -0.251. The molecule has 1 fully saturated rings. The maximum absolute atomic E-state index is 12.7. The summed E-state index contributed by atoms with van der Waals surface area (Å²) >= 11 is 3.57. The molecule has 25 heavy (non-hydrogen) atoms. The standard InChI is InChI=1S/C19H26BrN3O2/c1-5-25-19(24)18-17(23-10-8-22(9-11-23)13(2)3)15-12-14(20)6-7-16(15)21(18)4/h6-7,12-13H,5,8-11H2,1-4H3. The minimum atomic E-state index is -0.251. The van der Waals surface area contributed by atoms with Crippen molar-refractivity contribution in [3.63, 3.8) is 0 Å². The van der Waals surface area contributed by atoms with Crippen LogP contribution in [0, 0.1) is 0 Å². The predicted octanol–water partition coefficient (Wildman–Crippen LogP) is 3.65. The van der Waals surface area contributed by atoms with Crippen LogP contribution < -0.4 is 4.90 Å². The number of carbonyl (C=O) groups is 1. The highest BCUT2D eigenvalue weighted by Crippen LogP contribution is 2.36. The highest BCUT2D eigenvalue weighted by molar-refractivity contribution is 9.10. The zero-order valence-electron chi connectivity index (χ0n) is 15.4. The summed E-state index contributed by atoms with van der Waals surface area (Å²) in [5, 5.41) is 1.10. The van der Waals surface area contributed by atoms with Crippen molar-refractivity contribution in [3.05, 3.63) is 28.4 Å². The van der Waals surface area contributed by atoms with Gasteiger partial charge in [-0.15, -0.1) is 0 Å². The summed E-state index contributed by atoms with van der Waals surface area (Å²) in [6, 6.07) is 6.71. The van der Waals surface area contributed by atoms with Crippen LogP contribution >= 0.6 is 15.9 Å². The molecule has 0 spiro atoms. The molecule has 136 valence electrons. The number of hydrogen-bond acceptors (Lipinski definition) is 4. The zero-order chi connectivity index (χ0) is 18.1. The van der Waals surface area contributed by atoms with Crippen LogP contribution in [0.3, 0.4) is 0 Å². The number of aromatic nitrogens is 1. The van der Waals surface area contributed by atoms with E-state index in [1.165, 1.54) is 0 Å². The number of carbonyl (C=O) groups excluding carboxylic acids is 1. The maximum atomic E-state index is 12.7. The largest absolute Gasteiger partial charge is 0.461 e. The van der Waals surface area contributed by atoms with E-state index < -0.39 is 0 Å². The molecule has 1 aliphatic rings. The quantitative estimate of drug-likeness (QED) is 0.724. The van der Waals surface area contributed by atoms with Gasteiger partial charge < -0.3 is 14.2 Å². The van der Waals surface area contributed by atoms with E-state index >= 15 is 0 Å². The van der Waals surface area contributed by atoms with Crippen molar-refractivity contribution in [2.75, 3.05) is 37.7 Å². The van der Waals surface area contributed by atoms with Crippen LogP contribution in [-0.4, -0.2) is 54.3 Å². The average molecular weight is 408 g/mol. The van der Waals surface area contributed by atoms with E-state index in [0.717, 1.165) is 47.2 Å². The van der Waals surface area contributed by atoms with Gasteiger partial charge in [0.1, 0.15) is 0 Å². The smallest absolute Gasteiger partial charge is 0.357 e. The third-order valence-electron chi connectivity index (χ3n) is 4.96. The summed E-state index contributed by atoms with van der Waals surface area (Å²) in [5.41, 5.74) is 2.70. The second kappa shape index (κ2) is 7.38. The van der Waals surface area contributed by atoms with Crippen LogP contribution in [0.25, 0.3) is 10.9 Å². The Morgan fingerprint density at radius 2 is 1.92 bits per heavy atom. The van der Waals surface area contributed by atoms with Crippen molar-refractivity contribution in [1.29, 1.82) is 0 Å². The van der Waals surface area contributed by atoms with Gasteiger partial charge in [0.15, 0.2) is 5.69 Å². The first-order chi connectivity index (χ1) is 11.9. The van der Waals surface area contributed by atoms with Gasteiger partial charge in [0, 0.05) is 49.1 Å². The Kier molecular flexibility index (Phi) is 5.39. The summed E-state index contributed by atoms with van der Waals surface area (Å²) in [7, 11) is 1.94. The van der Waals surface area contributed by atoms with Crippen molar-refractivity contribution >= 4 is 38.5 Å². The van der Waals surface area contributed by atoms with Crippen LogP contribution in [0.5, 0.6) is 0 Å². The van der Waals surface area contributed by atoms with Crippen molar-refractivity contribution in [1.82, 2.24) is 9.47 Å². The lowest BCUT2D eigenvalue weighted by molar-refractivity contribution is 0.0516. The lowest BCUT2D eigenvalue weighted by atomic mass is 10.1. The van der Waals surface area contributed by atoms with Gasteiger partial charge in [0.25, 0.3) is 0 Å². The number of piperazine rings is 1. The van der Waals surface area contributed by atoms with E-state index in [2.05, 4.69) is 51.7 Å². The normalized spacial score (nSPS) is 16.0. The molecule has 3 rings (SSSR count). The first kappa shape index (κ1) is 18.3. The Balaban J connectivity index is 2.07. The monoisotopic (exact) mass is 407 g/mol. The number of anilines is 1.